The molecule has 0 aliphatic carbocycles. The predicted molar refractivity (Wildman–Crippen MR) is 111 cm³/mol. The molecule has 0 unspecified atom stereocenters. The van der Waals surface area contributed by atoms with Gasteiger partial charge in [0.1, 0.15) is 16.9 Å². The van der Waals surface area contributed by atoms with Crippen LogP contribution in [0.5, 0.6) is 5.75 Å². The summed E-state index contributed by atoms with van der Waals surface area (Å²) in [5, 5.41) is 4.55. The number of methoxy groups -OCH3 is 1. The number of fused-ring (bicyclic) bond motifs is 3. The molecule has 152 valence electrons. The van der Waals surface area contributed by atoms with Crippen LogP contribution >= 0.6 is 0 Å². The summed E-state index contributed by atoms with van der Waals surface area (Å²) in [6.07, 6.45) is 1.70. The lowest BCUT2D eigenvalue weighted by atomic mass is 10.1. The van der Waals surface area contributed by atoms with Crippen LogP contribution in [0.3, 0.4) is 0 Å². The monoisotopic (exact) mass is 405 g/mol. The van der Waals surface area contributed by atoms with Crippen molar-refractivity contribution < 1.29 is 23.5 Å². The standard InChI is InChI=1S/C22H19N3O5/c1-12-10-24-17(11-23-12)22(27)29-13(2)21(26)25-16-9-19-15(8-20(16)28-3)14-6-4-5-7-18(14)30-19/h4-11,13H,1-3H3,(H,25,26)/t13-/m1/s1. The third-order valence-electron chi connectivity index (χ3n) is 4.60. The van der Waals surface area contributed by atoms with E-state index >= 15 is 0 Å². The van der Waals surface area contributed by atoms with E-state index in [4.69, 9.17) is 13.9 Å². The zero-order valence-corrected chi connectivity index (χ0v) is 16.6. The molecule has 2 heterocycles. The zero-order chi connectivity index (χ0) is 21.3. The molecule has 0 aliphatic rings. The van der Waals surface area contributed by atoms with Gasteiger partial charge in [-0.15, -0.1) is 0 Å². The summed E-state index contributed by atoms with van der Waals surface area (Å²) in [6.45, 7) is 3.23. The number of esters is 1. The van der Waals surface area contributed by atoms with E-state index in [0.717, 1.165) is 16.4 Å². The van der Waals surface area contributed by atoms with Crippen molar-refractivity contribution in [3.8, 4) is 5.75 Å². The third-order valence-corrected chi connectivity index (χ3v) is 4.60. The molecule has 8 nitrogen and oxygen atoms in total. The van der Waals surface area contributed by atoms with E-state index in [1.54, 1.807) is 19.1 Å². The fourth-order valence-electron chi connectivity index (χ4n) is 3.02. The molecule has 0 saturated heterocycles. The summed E-state index contributed by atoms with van der Waals surface area (Å²) in [5.41, 5.74) is 2.45. The zero-order valence-electron chi connectivity index (χ0n) is 16.6. The number of aromatic nitrogens is 2. The number of rotatable bonds is 5. The molecule has 4 rings (SSSR count). The van der Waals surface area contributed by atoms with E-state index in [-0.39, 0.29) is 5.69 Å². The number of carbonyl (C=O) groups excluding carboxylic acids is 2. The van der Waals surface area contributed by atoms with Gasteiger partial charge in [0, 0.05) is 23.0 Å². The number of carbonyl (C=O) groups is 2. The molecule has 8 heteroatoms. The van der Waals surface area contributed by atoms with Crippen LogP contribution in [-0.2, 0) is 9.53 Å². The number of anilines is 1. The van der Waals surface area contributed by atoms with E-state index in [9.17, 15) is 9.59 Å². The van der Waals surface area contributed by atoms with Gasteiger partial charge in [0.05, 0.1) is 24.7 Å². The molecule has 0 radical (unpaired) electrons. The highest BCUT2D eigenvalue weighted by atomic mass is 16.5. The quantitative estimate of drug-likeness (QED) is 0.503. The van der Waals surface area contributed by atoms with Crippen LogP contribution in [0.15, 0.2) is 53.2 Å². The lowest BCUT2D eigenvalue weighted by molar-refractivity contribution is -0.123. The van der Waals surface area contributed by atoms with Crippen molar-refractivity contribution in [2.24, 2.45) is 0 Å². The fourth-order valence-corrected chi connectivity index (χ4v) is 3.02. The molecule has 0 saturated carbocycles. The van der Waals surface area contributed by atoms with E-state index in [1.807, 2.05) is 24.3 Å². The van der Waals surface area contributed by atoms with Crippen molar-refractivity contribution in [2.45, 2.75) is 20.0 Å². The topological polar surface area (TPSA) is 104 Å². The average molecular weight is 405 g/mol. The number of amides is 1. The Morgan fingerprint density at radius 1 is 1.07 bits per heavy atom. The van der Waals surface area contributed by atoms with E-state index in [2.05, 4.69) is 15.3 Å². The van der Waals surface area contributed by atoms with Crippen LogP contribution in [-0.4, -0.2) is 35.1 Å². The minimum Gasteiger partial charge on any atom is -0.495 e. The van der Waals surface area contributed by atoms with Crippen molar-refractivity contribution in [3.05, 3.63) is 60.2 Å². The van der Waals surface area contributed by atoms with Crippen molar-refractivity contribution in [1.82, 2.24) is 9.97 Å². The van der Waals surface area contributed by atoms with Crippen LogP contribution in [0.2, 0.25) is 0 Å². The number of ether oxygens (including phenoxy) is 2. The maximum Gasteiger partial charge on any atom is 0.359 e. The highest BCUT2D eigenvalue weighted by molar-refractivity contribution is 6.08. The van der Waals surface area contributed by atoms with Crippen molar-refractivity contribution in [2.75, 3.05) is 12.4 Å². The molecule has 0 spiro atoms. The van der Waals surface area contributed by atoms with Crippen molar-refractivity contribution in [1.29, 1.82) is 0 Å². The van der Waals surface area contributed by atoms with E-state index in [1.165, 1.54) is 26.4 Å². The molecule has 2 aromatic heterocycles. The minimum absolute atomic E-state index is 0.0292. The molecule has 0 fully saturated rings. The van der Waals surface area contributed by atoms with Crippen LogP contribution in [0.4, 0.5) is 5.69 Å². The maximum atomic E-state index is 12.6. The molecular formula is C22H19N3O5. The summed E-state index contributed by atoms with van der Waals surface area (Å²) in [7, 11) is 1.51. The average Bonchev–Trinajstić information content (AvgIpc) is 3.10. The number of para-hydroxylation sites is 1. The molecule has 1 amide bonds. The Labute approximate surface area is 171 Å². The normalized spacial score (nSPS) is 12.0. The maximum absolute atomic E-state index is 12.6. The number of aryl methyl sites for hydroxylation is 1. The Morgan fingerprint density at radius 3 is 2.60 bits per heavy atom. The van der Waals surface area contributed by atoms with Crippen LogP contribution in [0.1, 0.15) is 23.1 Å². The van der Waals surface area contributed by atoms with E-state index < -0.39 is 18.0 Å². The first kappa shape index (κ1) is 19.4. The summed E-state index contributed by atoms with van der Waals surface area (Å²) >= 11 is 0. The first-order chi connectivity index (χ1) is 14.5. The lowest BCUT2D eigenvalue weighted by Crippen LogP contribution is -2.30. The van der Waals surface area contributed by atoms with E-state index in [0.29, 0.717) is 22.7 Å². The van der Waals surface area contributed by atoms with Gasteiger partial charge in [0.15, 0.2) is 11.8 Å². The number of furan rings is 1. The minimum atomic E-state index is -1.06. The van der Waals surface area contributed by atoms with Crippen LogP contribution < -0.4 is 10.1 Å². The lowest BCUT2D eigenvalue weighted by Gasteiger charge is -2.15. The molecule has 2 aromatic carbocycles. The number of hydrogen-bond acceptors (Lipinski definition) is 7. The Kier molecular flexibility index (Phi) is 5.05. The molecule has 1 atom stereocenters. The number of nitrogens with one attached hydrogen (secondary N) is 1. The Morgan fingerprint density at radius 2 is 1.87 bits per heavy atom. The number of benzene rings is 2. The van der Waals surface area contributed by atoms with Gasteiger partial charge in [-0.3, -0.25) is 9.78 Å². The second-order valence-corrected chi connectivity index (χ2v) is 6.73. The SMILES string of the molecule is COc1cc2c(cc1NC(=O)[C@@H](C)OC(=O)c1cnc(C)cn1)oc1ccccc12. The van der Waals surface area contributed by atoms with Crippen LogP contribution in [0.25, 0.3) is 21.9 Å². The smallest absolute Gasteiger partial charge is 0.359 e. The Balaban J connectivity index is 1.55. The summed E-state index contributed by atoms with van der Waals surface area (Å²) < 4.78 is 16.5. The first-order valence-electron chi connectivity index (χ1n) is 9.26. The second-order valence-electron chi connectivity index (χ2n) is 6.73. The molecule has 30 heavy (non-hydrogen) atoms. The highest BCUT2D eigenvalue weighted by Crippen LogP contribution is 2.36. The molecule has 1 N–H and O–H groups in total. The fraction of sp³-hybridized carbons (Fsp3) is 0.182. The summed E-state index contributed by atoms with van der Waals surface area (Å²) in [5.74, 6) is -0.785. The van der Waals surface area contributed by atoms with Gasteiger partial charge in [-0.05, 0) is 26.0 Å². The number of hydrogen-bond donors (Lipinski definition) is 1. The first-order valence-corrected chi connectivity index (χ1v) is 9.26. The Bertz CT molecular complexity index is 1250. The Hall–Kier alpha value is -3.94. The molecule has 0 bridgehead atoms. The predicted octanol–water partition coefficient (Wildman–Crippen LogP) is 3.88. The van der Waals surface area contributed by atoms with Gasteiger partial charge in [-0.1, -0.05) is 18.2 Å². The van der Waals surface area contributed by atoms with Gasteiger partial charge >= 0.3 is 5.97 Å². The third kappa shape index (κ3) is 3.67. The second kappa shape index (κ2) is 7.82. The number of nitrogens with zero attached hydrogens (tertiary/aromatic N) is 2. The highest BCUT2D eigenvalue weighted by Gasteiger charge is 2.22. The summed E-state index contributed by atoms with van der Waals surface area (Å²) in [6, 6.07) is 11.1. The van der Waals surface area contributed by atoms with Gasteiger partial charge in [-0.2, -0.15) is 0 Å². The van der Waals surface area contributed by atoms with Crippen molar-refractivity contribution in [3.63, 3.8) is 0 Å². The molecule has 0 aliphatic heterocycles. The molecule has 4 aromatic rings. The van der Waals surface area contributed by atoms with Crippen molar-refractivity contribution >= 4 is 39.5 Å². The van der Waals surface area contributed by atoms with Crippen LogP contribution in [0, 0.1) is 6.92 Å². The summed E-state index contributed by atoms with van der Waals surface area (Å²) in [4.78, 5) is 32.7. The van der Waals surface area contributed by atoms with Gasteiger partial charge in [-0.25, -0.2) is 9.78 Å². The van der Waals surface area contributed by atoms with Gasteiger partial charge in [0.25, 0.3) is 5.91 Å². The van der Waals surface area contributed by atoms with Gasteiger partial charge in [0.2, 0.25) is 0 Å². The largest absolute Gasteiger partial charge is 0.495 e. The molecular weight excluding hydrogens is 386 g/mol. The van der Waals surface area contributed by atoms with Gasteiger partial charge < -0.3 is 19.2 Å².